The minimum absolute atomic E-state index is 0.104. The first-order valence-electron chi connectivity index (χ1n) is 11.2. The second-order valence-electron chi connectivity index (χ2n) is 9.60. The Labute approximate surface area is 187 Å². The molecule has 158 valence electrons. The molecule has 1 aliphatic heterocycles. The van der Waals surface area contributed by atoms with Crippen LogP contribution in [-0.4, -0.2) is 6.54 Å². The fraction of sp³-hybridized carbons (Fsp3) is 0.276. The monoisotopic (exact) mass is 409 g/mol. The molecule has 0 saturated heterocycles. The van der Waals surface area contributed by atoms with E-state index in [1.807, 2.05) is 0 Å². The number of anilines is 1. The summed E-state index contributed by atoms with van der Waals surface area (Å²) in [4.78, 5) is 2.33. The SMILES string of the molecule is CC(C)c1ccccc1N1C=CC(c2cc[n+](-c3ccccc3C(C)(C)C)cc2)=CC1. The molecule has 4 rings (SSSR count). The van der Waals surface area contributed by atoms with Crippen LogP contribution in [0.1, 0.15) is 57.2 Å². The normalized spacial score (nSPS) is 14.1. The Morgan fingerprint density at radius 2 is 1.55 bits per heavy atom. The van der Waals surface area contributed by atoms with Crippen molar-refractivity contribution in [3.63, 3.8) is 0 Å². The largest absolute Gasteiger partial charge is 0.344 e. The van der Waals surface area contributed by atoms with Gasteiger partial charge in [-0.15, -0.1) is 0 Å². The van der Waals surface area contributed by atoms with Crippen LogP contribution in [0, 0.1) is 0 Å². The Kier molecular flexibility index (Phi) is 5.82. The summed E-state index contributed by atoms with van der Waals surface area (Å²) in [6.07, 6.45) is 11.1. The van der Waals surface area contributed by atoms with E-state index in [1.54, 1.807) is 0 Å². The van der Waals surface area contributed by atoms with Crippen LogP contribution in [0.2, 0.25) is 0 Å². The van der Waals surface area contributed by atoms with E-state index in [4.69, 9.17) is 0 Å². The number of nitrogens with zero attached hydrogens (tertiary/aromatic N) is 2. The molecule has 0 bridgehead atoms. The number of hydrogen-bond acceptors (Lipinski definition) is 1. The third-order valence-electron chi connectivity index (χ3n) is 5.96. The molecule has 0 unspecified atom stereocenters. The number of aromatic nitrogens is 1. The van der Waals surface area contributed by atoms with Crippen molar-refractivity contribution in [2.75, 3.05) is 11.4 Å². The van der Waals surface area contributed by atoms with E-state index in [0.717, 1.165) is 6.54 Å². The van der Waals surface area contributed by atoms with E-state index in [-0.39, 0.29) is 5.41 Å². The van der Waals surface area contributed by atoms with Gasteiger partial charge in [-0.3, -0.25) is 0 Å². The van der Waals surface area contributed by atoms with Crippen LogP contribution in [0.3, 0.4) is 0 Å². The molecule has 3 aromatic rings. The first-order valence-corrected chi connectivity index (χ1v) is 11.2. The van der Waals surface area contributed by atoms with Gasteiger partial charge in [0.05, 0.1) is 0 Å². The fourth-order valence-electron chi connectivity index (χ4n) is 4.24. The van der Waals surface area contributed by atoms with Crippen LogP contribution < -0.4 is 9.47 Å². The second-order valence-corrected chi connectivity index (χ2v) is 9.60. The van der Waals surface area contributed by atoms with E-state index in [2.05, 4.69) is 135 Å². The van der Waals surface area contributed by atoms with Crippen LogP contribution in [0.5, 0.6) is 0 Å². The molecule has 2 heteroatoms. The van der Waals surface area contributed by atoms with Gasteiger partial charge in [0.25, 0.3) is 0 Å². The van der Waals surface area contributed by atoms with E-state index in [1.165, 1.54) is 33.6 Å². The lowest BCUT2D eigenvalue weighted by atomic mass is 9.85. The van der Waals surface area contributed by atoms with Gasteiger partial charge in [-0.2, -0.15) is 4.57 Å². The topological polar surface area (TPSA) is 7.12 Å². The number of hydrogen-bond donors (Lipinski definition) is 0. The maximum atomic E-state index is 2.33. The van der Waals surface area contributed by atoms with Crippen molar-refractivity contribution in [1.29, 1.82) is 0 Å². The van der Waals surface area contributed by atoms with Crippen molar-refractivity contribution >= 4 is 11.3 Å². The van der Waals surface area contributed by atoms with Gasteiger partial charge in [-0.1, -0.05) is 77.1 Å². The van der Waals surface area contributed by atoms with Gasteiger partial charge in [0.2, 0.25) is 5.69 Å². The fourth-order valence-corrected chi connectivity index (χ4v) is 4.24. The van der Waals surface area contributed by atoms with Crippen molar-refractivity contribution in [3.05, 3.63) is 108 Å². The molecular weight excluding hydrogens is 376 g/mol. The summed E-state index contributed by atoms with van der Waals surface area (Å²) in [6, 6.07) is 21.8. The lowest BCUT2D eigenvalue weighted by Crippen LogP contribution is -2.33. The van der Waals surface area contributed by atoms with Gasteiger partial charge < -0.3 is 4.90 Å². The Balaban J connectivity index is 1.55. The third-order valence-corrected chi connectivity index (χ3v) is 5.96. The van der Waals surface area contributed by atoms with Crippen LogP contribution in [0.25, 0.3) is 11.3 Å². The lowest BCUT2D eigenvalue weighted by molar-refractivity contribution is -0.596. The van der Waals surface area contributed by atoms with E-state index in [9.17, 15) is 0 Å². The highest BCUT2D eigenvalue weighted by atomic mass is 15.1. The quantitative estimate of drug-likeness (QED) is 0.430. The van der Waals surface area contributed by atoms with Crippen molar-refractivity contribution in [2.24, 2.45) is 0 Å². The average molecular weight is 410 g/mol. The Bertz CT molecular complexity index is 1110. The Morgan fingerprint density at radius 3 is 2.19 bits per heavy atom. The van der Waals surface area contributed by atoms with E-state index < -0.39 is 0 Å². The summed E-state index contributed by atoms with van der Waals surface area (Å²) in [5, 5.41) is 0. The lowest BCUT2D eigenvalue weighted by Gasteiger charge is -2.26. The van der Waals surface area contributed by atoms with Gasteiger partial charge in [-0.05, 0) is 40.2 Å². The predicted molar refractivity (Wildman–Crippen MR) is 132 cm³/mol. The molecule has 2 heterocycles. The molecule has 0 radical (unpaired) electrons. The van der Waals surface area contributed by atoms with Gasteiger partial charge >= 0.3 is 0 Å². The minimum Gasteiger partial charge on any atom is -0.344 e. The third kappa shape index (κ3) is 4.49. The predicted octanol–water partition coefficient (Wildman–Crippen LogP) is 6.80. The number of allylic oxidation sites excluding steroid dienone is 2. The molecule has 31 heavy (non-hydrogen) atoms. The molecule has 2 aromatic carbocycles. The summed E-state index contributed by atoms with van der Waals surface area (Å²) in [7, 11) is 0. The van der Waals surface area contributed by atoms with E-state index >= 15 is 0 Å². The summed E-state index contributed by atoms with van der Waals surface area (Å²) < 4.78 is 2.22. The van der Waals surface area contributed by atoms with Crippen molar-refractivity contribution in [1.82, 2.24) is 0 Å². The summed E-state index contributed by atoms with van der Waals surface area (Å²) in [5.41, 5.74) is 7.91. The Hall–Kier alpha value is -3.13. The summed E-state index contributed by atoms with van der Waals surface area (Å²) in [6.45, 7) is 12.2. The van der Waals surface area contributed by atoms with E-state index in [0.29, 0.717) is 5.92 Å². The van der Waals surface area contributed by atoms with Crippen LogP contribution in [0.4, 0.5) is 5.69 Å². The zero-order chi connectivity index (χ0) is 22.0. The second kappa shape index (κ2) is 8.55. The summed E-state index contributed by atoms with van der Waals surface area (Å²) in [5.74, 6) is 0.510. The molecule has 0 aliphatic carbocycles. The maximum absolute atomic E-state index is 2.33. The first-order chi connectivity index (χ1) is 14.8. The van der Waals surface area contributed by atoms with Crippen LogP contribution in [-0.2, 0) is 5.41 Å². The van der Waals surface area contributed by atoms with Gasteiger partial charge in [0.1, 0.15) is 0 Å². The highest BCUT2D eigenvalue weighted by Crippen LogP contribution is 2.30. The van der Waals surface area contributed by atoms with Gasteiger partial charge in [0, 0.05) is 42.2 Å². The maximum Gasteiger partial charge on any atom is 0.214 e. The van der Waals surface area contributed by atoms with Crippen LogP contribution in [0.15, 0.2) is 91.4 Å². The minimum atomic E-state index is 0.104. The average Bonchev–Trinajstić information content (AvgIpc) is 2.79. The molecule has 0 atom stereocenters. The molecule has 1 aromatic heterocycles. The number of rotatable bonds is 4. The van der Waals surface area contributed by atoms with Crippen LogP contribution >= 0.6 is 0 Å². The first kappa shape index (κ1) is 21.1. The van der Waals surface area contributed by atoms with Crippen molar-refractivity contribution < 1.29 is 4.57 Å². The molecule has 0 fully saturated rings. The molecule has 0 spiro atoms. The molecular formula is C29H33N2+. The summed E-state index contributed by atoms with van der Waals surface area (Å²) >= 11 is 0. The Morgan fingerprint density at radius 1 is 0.871 bits per heavy atom. The standard InChI is InChI=1S/C29H33N2/c1-22(2)25-10-6-8-12-27(25)30-18-14-23(15-19-30)24-16-20-31(21-17-24)28-13-9-7-11-26(28)29(3,4)5/h6-18,20-22H,19H2,1-5H3/q+1. The molecule has 2 nitrogen and oxygen atoms in total. The zero-order valence-corrected chi connectivity index (χ0v) is 19.3. The number of para-hydroxylation sites is 2. The molecule has 0 N–H and O–H groups in total. The molecule has 0 amide bonds. The van der Waals surface area contributed by atoms with Gasteiger partial charge in [-0.25, -0.2) is 0 Å². The highest BCUT2D eigenvalue weighted by molar-refractivity contribution is 5.77. The molecule has 1 aliphatic rings. The highest BCUT2D eigenvalue weighted by Gasteiger charge is 2.23. The van der Waals surface area contributed by atoms with Gasteiger partial charge in [0.15, 0.2) is 12.4 Å². The zero-order valence-electron chi connectivity index (χ0n) is 19.3. The van der Waals surface area contributed by atoms with Crippen molar-refractivity contribution in [2.45, 2.75) is 46.0 Å². The number of pyridine rings is 1. The van der Waals surface area contributed by atoms with Crippen molar-refractivity contribution in [3.8, 4) is 5.69 Å². The molecule has 0 saturated carbocycles. The smallest absolute Gasteiger partial charge is 0.214 e. The number of benzene rings is 2.